The van der Waals surface area contributed by atoms with Gasteiger partial charge in [0.1, 0.15) is 6.26 Å². The molecule has 2 aromatic heterocycles. The molecule has 11 nitrogen and oxygen atoms in total. The number of carbonyl (C=O) groups excluding carboxylic acids is 2. The normalized spacial score (nSPS) is 23.5. The van der Waals surface area contributed by atoms with Crippen LogP contribution in [-0.2, 0) is 17.7 Å². The molecule has 5 heterocycles. The van der Waals surface area contributed by atoms with Crippen molar-refractivity contribution in [3.8, 4) is 0 Å². The highest BCUT2D eigenvalue weighted by Crippen LogP contribution is 2.39. The minimum Gasteiger partial charge on any atom is -0.448 e. The van der Waals surface area contributed by atoms with Crippen molar-refractivity contribution in [1.29, 1.82) is 0 Å². The fourth-order valence-electron chi connectivity index (χ4n) is 5.60. The fourth-order valence-corrected chi connectivity index (χ4v) is 5.60. The molecule has 0 spiro atoms. The first-order valence-electron chi connectivity index (χ1n) is 13.2. The predicted octanol–water partition coefficient (Wildman–Crippen LogP) is 2.44. The number of oxazole rings is 1. The number of aromatic nitrogens is 3. The highest BCUT2D eigenvalue weighted by molar-refractivity contribution is 6.02. The number of carbonyl (C=O) groups is 2. The van der Waals surface area contributed by atoms with E-state index < -0.39 is 0 Å². The second-order valence-corrected chi connectivity index (χ2v) is 10.6. The molecule has 4 aliphatic rings. The first kappa shape index (κ1) is 23.5. The lowest BCUT2D eigenvalue weighted by Crippen LogP contribution is -2.58. The largest absolute Gasteiger partial charge is 0.448 e. The Labute approximate surface area is 210 Å². The quantitative estimate of drug-likeness (QED) is 0.651. The maximum Gasteiger partial charge on any atom is 0.320 e. The highest BCUT2D eigenvalue weighted by Gasteiger charge is 2.34. The topological polar surface area (TPSA) is 120 Å². The lowest BCUT2D eigenvalue weighted by atomic mass is 9.99. The summed E-state index contributed by atoms with van der Waals surface area (Å²) in [7, 11) is 0. The van der Waals surface area contributed by atoms with Gasteiger partial charge >= 0.3 is 6.03 Å². The van der Waals surface area contributed by atoms with Crippen LogP contribution in [0.15, 0.2) is 10.7 Å². The van der Waals surface area contributed by atoms with E-state index >= 15 is 0 Å². The minimum absolute atomic E-state index is 0.0583. The Morgan fingerprint density at radius 2 is 2.00 bits per heavy atom. The van der Waals surface area contributed by atoms with Gasteiger partial charge in [0.2, 0.25) is 0 Å². The van der Waals surface area contributed by atoms with E-state index in [4.69, 9.17) is 9.15 Å². The summed E-state index contributed by atoms with van der Waals surface area (Å²) in [5.41, 5.74) is 2.08. The Morgan fingerprint density at radius 3 is 2.78 bits per heavy atom. The average Bonchev–Trinajstić information content (AvgIpc) is 3.48. The molecule has 0 radical (unpaired) electrons. The predicted molar refractivity (Wildman–Crippen MR) is 131 cm³/mol. The van der Waals surface area contributed by atoms with E-state index in [2.05, 4.69) is 32.3 Å². The number of amides is 3. The smallest absolute Gasteiger partial charge is 0.320 e. The fraction of sp³-hybridized carbons (Fsp3) is 0.680. The highest BCUT2D eigenvalue weighted by atomic mass is 16.5. The van der Waals surface area contributed by atoms with Crippen molar-refractivity contribution < 1.29 is 18.7 Å². The van der Waals surface area contributed by atoms with E-state index in [0.717, 1.165) is 76.3 Å². The van der Waals surface area contributed by atoms with Crippen LogP contribution in [0.3, 0.4) is 0 Å². The molecule has 11 heteroatoms. The third kappa shape index (κ3) is 4.86. The van der Waals surface area contributed by atoms with Crippen molar-refractivity contribution in [3.05, 3.63) is 29.1 Å². The summed E-state index contributed by atoms with van der Waals surface area (Å²) in [6.45, 7) is 8.55. The third-order valence-corrected chi connectivity index (χ3v) is 7.93. The molecule has 3 fully saturated rings. The molecule has 1 aliphatic carbocycles. The van der Waals surface area contributed by atoms with E-state index in [1.165, 1.54) is 6.26 Å². The molecule has 0 unspecified atom stereocenters. The van der Waals surface area contributed by atoms with Crippen molar-refractivity contribution in [2.24, 2.45) is 5.92 Å². The number of ether oxygens (including phenoxy) is 1. The van der Waals surface area contributed by atoms with Crippen molar-refractivity contribution in [2.45, 2.75) is 57.5 Å². The molecular weight excluding hydrogens is 462 g/mol. The zero-order valence-electron chi connectivity index (χ0n) is 20.9. The Hall–Kier alpha value is -2.92. The van der Waals surface area contributed by atoms with Crippen LogP contribution >= 0.6 is 0 Å². The number of nitrogens with one attached hydrogen (secondary N) is 2. The van der Waals surface area contributed by atoms with Crippen molar-refractivity contribution in [1.82, 2.24) is 29.9 Å². The maximum absolute atomic E-state index is 13.5. The van der Waals surface area contributed by atoms with Crippen LogP contribution in [-0.4, -0.2) is 93.8 Å². The van der Waals surface area contributed by atoms with Gasteiger partial charge in [-0.05, 0) is 38.5 Å². The number of aromatic amines is 1. The van der Waals surface area contributed by atoms with Crippen LogP contribution < -0.4 is 5.32 Å². The van der Waals surface area contributed by atoms with Crippen molar-refractivity contribution >= 4 is 17.8 Å². The third-order valence-electron chi connectivity index (χ3n) is 7.93. The molecule has 36 heavy (non-hydrogen) atoms. The standard InChI is InChI=1S/C25H35N7O4/c1-16-12-30(13-17-5-10-35-11-6-17)8-9-32(16)25(34)31-7-4-20-19(14-31)22(29-28-20)27-23(33)21-15-36-24(26-21)18-2-3-18/h15-18H,2-14H2,1H3,(H2,27,28,29,33)/t16-/m0/s1. The Kier molecular flexibility index (Phi) is 6.43. The summed E-state index contributed by atoms with van der Waals surface area (Å²) in [4.78, 5) is 36.9. The summed E-state index contributed by atoms with van der Waals surface area (Å²) in [6.07, 6.45) is 6.46. The summed E-state index contributed by atoms with van der Waals surface area (Å²) in [5, 5.41) is 10.2. The molecule has 2 aromatic rings. The average molecular weight is 498 g/mol. The van der Waals surface area contributed by atoms with Gasteiger partial charge in [0.15, 0.2) is 17.4 Å². The molecule has 0 aromatic carbocycles. The number of anilines is 1. The van der Waals surface area contributed by atoms with Crippen LogP contribution in [0.5, 0.6) is 0 Å². The molecule has 6 rings (SSSR count). The van der Waals surface area contributed by atoms with Crippen LogP contribution in [0, 0.1) is 5.92 Å². The number of nitrogens with zero attached hydrogens (tertiary/aromatic N) is 5. The number of fused-ring (bicyclic) bond motifs is 1. The van der Waals surface area contributed by atoms with Crippen molar-refractivity contribution in [2.75, 3.05) is 51.3 Å². The summed E-state index contributed by atoms with van der Waals surface area (Å²) in [5.74, 6) is 1.77. The van der Waals surface area contributed by atoms with Gasteiger partial charge < -0.3 is 24.3 Å². The molecule has 3 aliphatic heterocycles. The number of hydrogen-bond donors (Lipinski definition) is 2. The zero-order chi connectivity index (χ0) is 24.6. The van der Waals surface area contributed by atoms with E-state index in [1.807, 2.05) is 9.80 Å². The second-order valence-electron chi connectivity index (χ2n) is 10.6. The van der Waals surface area contributed by atoms with Gasteiger partial charge in [-0.15, -0.1) is 0 Å². The first-order chi connectivity index (χ1) is 17.5. The van der Waals surface area contributed by atoms with Crippen LogP contribution in [0.1, 0.15) is 66.2 Å². The lowest BCUT2D eigenvalue weighted by molar-refractivity contribution is 0.0336. The molecule has 194 valence electrons. The van der Waals surface area contributed by atoms with Gasteiger partial charge in [-0.25, -0.2) is 9.78 Å². The van der Waals surface area contributed by atoms with Gasteiger partial charge in [-0.2, -0.15) is 5.10 Å². The van der Waals surface area contributed by atoms with E-state index in [-0.39, 0.29) is 23.7 Å². The molecule has 3 amide bonds. The first-order valence-corrected chi connectivity index (χ1v) is 13.2. The summed E-state index contributed by atoms with van der Waals surface area (Å²) < 4.78 is 10.9. The number of piperazine rings is 1. The SMILES string of the molecule is C[C@H]1CN(CC2CCOCC2)CCN1C(=O)N1CCc2[nH]nc(NC(=O)c3coc(C4CC4)n3)c2C1. The maximum atomic E-state index is 13.5. The molecule has 2 N–H and O–H groups in total. The number of hydrogen-bond acceptors (Lipinski definition) is 7. The minimum atomic E-state index is -0.349. The Bertz CT molecular complexity index is 1100. The lowest BCUT2D eigenvalue weighted by Gasteiger charge is -2.43. The summed E-state index contributed by atoms with van der Waals surface area (Å²) in [6, 6.07) is 0.215. The second kappa shape index (κ2) is 9.85. The van der Waals surface area contributed by atoms with Gasteiger partial charge in [0.25, 0.3) is 5.91 Å². The molecule has 1 saturated carbocycles. The molecule has 0 bridgehead atoms. The van der Waals surface area contributed by atoms with Gasteiger partial charge in [-0.1, -0.05) is 0 Å². The number of urea groups is 1. The zero-order valence-corrected chi connectivity index (χ0v) is 20.9. The Balaban J connectivity index is 1.06. The van der Waals surface area contributed by atoms with Crippen LogP contribution in [0.4, 0.5) is 10.6 Å². The van der Waals surface area contributed by atoms with E-state index in [9.17, 15) is 9.59 Å². The van der Waals surface area contributed by atoms with Gasteiger partial charge in [-0.3, -0.25) is 14.8 Å². The van der Waals surface area contributed by atoms with Crippen LogP contribution in [0.2, 0.25) is 0 Å². The van der Waals surface area contributed by atoms with Crippen LogP contribution in [0.25, 0.3) is 0 Å². The number of H-pyrrole nitrogens is 1. The van der Waals surface area contributed by atoms with E-state index in [1.54, 1.807) is 0 Å². The number of rotatable bonds is 5. The molecular formula is C25H35N7O4. The van der Waals surface area contributed by atoms with E-state index in [0.29, 0.717) is 43.1 Å². The molecule has 1 atom stereocenters. The monoisotopic (exact) mass is 497 g/mol. The molecule has 2 saturated heterocycles. The van der Waals surface area contributed by atoms with Gasteiger partial charge in [0.05, 0.1) is 6.54 Å². The summed E-state index contributed by atoms with van der Waals surface area (Å²) >= 11 is 0. The van der Waals surface area contributed by atoms with Gasteiger partial charge in [0, 0.05) is 75.6 Å². The Morgan fingerprint density at radius 1 is 1.17 bits per heavy atom. The van der Waals surface area contributed by atoms with Crippen molar-refractivity contribution in [3.63, 3.8) is 0 Å².